The van der Waals surface area contributed by atoms with E-state index in [1.165, 1.54) is 154 Å². The van der Waals surface area contributed by atoms with Gasteiger partial charge in [-0.05, 0) is 123 Å². The van der Waals surface area contributed by atoms with Crippen LogP contribution in [0.5, 0.6) is 0 Å². The van der Waals surface area contributed by atoms with Gasteiger partial charge in [0, 0.05) is 19.8 Å². The second-order valence-corrected chi connectivity index (χ2v) is 20.3. The number of likely N-dealkylation sites (N-methyl/N-ethyl adjacent to an activating group) is 1. The van der Waals surface area contributed by atoms with E-state index in [1.54, 1.807) is 0 Å². The molecule has 69 heavy (non-hydrogen) atoms. The van der Waals surface area contributed by atoms with E-state index < -0.39 is 24.4 Å². The molecule has 0 rings (SSSR count). The molecule has 0 saturated heterocycles. The fourth-order valence-corrected chi connectivity index (χ4v) is 8.57. The number of nitrogens with zero attached hydrogens (tertiary/aromatic N) is 1. The number of quaternary nitrogens is 1. The van der Waals surface area contributed by atoms with Crippen LogP contribution in [0.25, 0.3) is 0 Å². The van der Waals surface area contributed by atoms with Gasteiger partial charge in [0.15, 0.2) is 6.23 Å². The van der Waals surface area contributed by atoms with E-state index in [0.717, 1.165) is 38.6 Å². The fourth-order valence-electron chi connectivity index (χ4n) is 8.57. The molecule has 3 atom stereocenters. The van der Waals surface area contributed by atoms with Crippen molar-refractivity contribution in [3.8, 4) is 0 Å². The molecule has 0 aliphatic heterocycles. The van der Waals surface area contributed by atoms with Gasteiger partial charge >= 0.3 is 12.1 Å². The second kappa shape index (κ2) is 50.0. The molecule has 0 fully saturated rings. The van der Waals surface area contributed by atoms with Crippen LogP contribution in [0.2, 0.25) is 0 Å². The van der Waals surface area contributed by atoms with E-state index in [-0.39, 0.29) is 6.10 Å². The quantitative estimate of drug-likeness (QED) is 0.0133. The van der Waals surface area contributed by atoms with Crippen LogP contribution < -0.4 is 27.4 Å². The van der Waals surface area contributed by atoms with E-state index in [9.17, 15) is 18.0 Å². The number of rotatable bonds is 54. The van der Waals surface area contributed by atoms with Crippen LogP contribution in [0.1, 0.15) is 219 Å². The van der Waals surface area contributed by atoms with Gasteiger partial charge in [0.05, 0.1) is 33.3 Å². The van der Waals surface area contributed by atoms with Gasteiger partial charge in [0.1, 0.15) is 12.6 Å². The summed E-state index contributed by atoms with van der Waals surface area (Å²) in [4.78, 5) is 12.2. The topological polar surface area (TPSA) is 133 Å². The van der Waals surface area contributed by atoms with Crippen LogP contribution >= 0.6 is 0 Å². The van der Waals surface area contributed by atoms with E-state index in [1.807, 2.05) is 0 Å². The molecule has 410 valence electrons. The lowest BCUT2D eigenvalue weighted by molar-refractivity contribution is -0.892. The van der Waals surface area contributed by atoms with Crippen LogP contribution in [-0.4, -0.2) is 121 Å². The number of esters is 1. The molecule has 0 saturated carbocycles. The van der Waals surface area contributed by atoms with E-state index in [4.69, 9.17) is 25.7 Å². The Labute approximate surface area is 423 Å². The van der Waals surface area contributed by atoms with Crippen LogP contribution in [0, 0.1) is 0 Å². The zero-order valence-electron chi connectivity index (χ0n) is 45.3. The highest BCUT2D eigenvalue weighted by Gasteiger charge is 2.43. The highest BCUT2D eigenvalue weighted by molar-refractivity contribution is 5.75. The highest BCUT2D eigenvalue weighted by atomic mass is 19.4. The molecule has 0 aromatic heterocycles. The van der Waals surface area contributed by atoms with Gasteiger partial charge < -0.3 is 40.8 Å². The van der Waals surface area contributed by atoms with Crippen molar-refractivity contribution in [2.24, 2.45) is 11.5 Å². The number of allylic oxidation sites excluding steroid dienone is 4. The molecule has 0 heterocycles. The number of halogens is 3. The first kappa shape index (κ1) is 67.4. The van der Waals surface area contributed by atoms with Crippen molar-refractivity contribution >= 4 is 5.97 Å². The molecule has 13 heteroatoms. The van der Waals surface area contributed by atoms with Gasteiger partial charge in [-0.25, -0.2) is 4.79 Å². The van der Waals surface area contributed by atoms with Gasteiger partial charge in [0.2, 0.25) is 0 Å². The molecular weight excluding hydrogens is 878 g/mol. The molecule has 0 aliphatic carbocycles. The number of carbonyl (C=O) groups excluding carboxylic acids is 1. The average Bonchev–Trinajstić information content (AvgIpc) is 3.31. The summed E-state index contributed by atoms with van der Waals surface area (Å²) in [6.45, 7) is 11.0. The Morgan fingerprint density at radius 2 is 1.01 bits per heavy atom. The summed E-state index contributed by atoms with van der Waals surface area (Å²) >= 11 is 0. The molecule has 10 nitrogen and oxygen atoms in total. The lowest BCUT2D eigenvalue weighted by Gasteiger charge is -2.35. The maximum atomic E-state index is 13.5. The van der Waals surface area contributed by atoms with Crippen molar-refractivity contribution in [2.75, 3.05) is 86.3 Å². The summed E-state index contributed by atoms with van der Waals surface area (Å²) in [5.74, 6) is -2.20. The lowest BCUT2D eigenvalue weighted by atomic mass is 10.1. The van der Waals surface area contributed by atoms with Crippen molar-refractivity contribution in [1.29, 1.82) is 0 Å². The van der Waals surface area contributed by atoms with Crippen molar-refractivity contribution in [3.05, 3.63) is 24.3 Å². The Balaban J connectivity index is 5.11. The average molecular weight is 991 g/mol. The van der Waals surface area contributed by atoms with E-state index in [2.05, 4.69) is 68.2 Å². The zero-order chi connectivity index (χ0) is 50.8. The SMILES string of the molecule is CCCCCCCCC=CCCCCCCCCOCC(C[N+](C)(C)CCNC(OC(=O)C(F)(F)F)C(CCCNCCCN)NCCCN)OCCCCCCCCC=CCCCCCCCC. The lowest BCUT2D eigenvalue weighted by Crippen LogP contribution is -2.56. The number of nitrogens with one attached hydrogen (secondary N) is 3. The Morgan fingerprint density at radius 1 is 0.565 bits per heavy atom. The molecule has 0 radical (unpaired) electrons. The molecular formula is C56H112F3N6O4+. The first-order chi connectivity index (χ1) is 33.5. The molecule has 0 aliphatic rings. The Hall–Kier alpha value is -1.58. The van der Waals surface area contributed by atoms with Crippen LogP contribution in [-0.2, 0) is 19.0 Å². The number of carbonyl (C=O) groups is 1. The minimum atomic E-state index is -5.10. The van der Waals surface area contributed by atoms with Crippen molar-refractivity contribution < 1.29 is 36.7 Å². The van der Waals surface area contributed by atoms with Crippen LogP contribution in [0.3, 0.4) is 0 Å². The molecule has 0 amide bonds. The van der Waals surface area contributed by atoms with Crippen molar-refractivity contribution in [3.63, 3.8) is 0 Å². The summed E-state index contributed by atoms with van der Waals surface area (Å²) in [6, 6.07) is -0.530. The van der Waals surface area contributed by atoms with Gasteiger partial charge in [-0.1, -0.05) is 154 Å². The summed E-state index contributed by atoms with van der Waals surface area (Å²) < 4.78 is 58.9. The Morgan fingerprint density at radius 3 is 1.51 bits per heavy atom. The standard InChI is InChI=1S/C56H112F3N6O4/c1-5-7-9-11-13-15-17-19-21-23-25-27-29-31-33-35-48-67-51-52(68-49-36-34-32-30-28-26-24-22-20-18-16-14-12-10-8-6-2)50-65(3,4)47-46-64-54(69-55(66)56(57,58)59)53(63-45-39-42-61)40-37-43-62-44-38-41-60/h19-22,52-54,62-64H,5-18,23-51,60-61H2,1-4H3/q+1. The minimum absolute atomic E-state index is 0.117. The molecule has 0 aromatic rings. The minimum Gasteiger partial charge on any atom is -0.438 e. The summed E-state index contributed by atoms with van der Waals surface area (Å²) in [5, 5.41) is 9.81. The van der Waals surface area contributed by atoms with Gasteiger partial charge in [-0.3, -0.25) is 5.32 Å². The molecule has 3 unspecified atom stereocenters. The van der Waals surface area contributed by atoms with Crippen molar-refractivity contribution in [2.45, 2.75) is 244 Å². The third kappa shape index (κ3) is 47.2. The number of ether oxygens (including phenoxy) is 3. The monoisotopic (exact) mass is 990 g/mol. The van der Waals surface area contributed by atoms with Crippen LogP contribution in [0.4, 0.5) is 13.2 Å². The van der Waals surface area contributed by atoms with E-state index in [0.29, 0.717) is 89.4 Å². The number of hydrogen-bond donors (Lipinski definition) is 5. The maximum absolute atomic E-state index is 13.5. The summed E-state index contributed by atoms with van der Waals surface area (Å²) in [7, 11) is 4.21. The van der Waals surface area contributed by atoms with Gasteiger partial charge in [0.25, 0.3) is 0 Å². The third-order valence-corrected chi connectivity index (χ3v) is 12.9. The number of hydrogen-bond acceptors (Lipinski definition) is 9. The van der Waals surface area contributed by atoms with E-state index >= 15 is 0 Å². The number of alkyl halides is 3. The summed E-state index contributed by atoms with van der Waals surface area (Å²) in [6.07, 6.45) is 41.2. The molecule has 0 spiro atoms. The first-order valence-electron chi connectivity index (χ1n) is 28.7. The molecule has 0 bridgehead atoms. The smallest absolute Gasteiger partial charge is 0.438 e. The van der Waals surface area contributed by atoms with Gasteiger partial charge in [-0.15, -0.1) is 0 Å². The predicted molar refractivity (Wildman–Crippen MR) is 286 cm³/mol. The molecule has 0 aromatic carbocycles. The van der Waals surface area contributed by atoms with Crippen LogP contribution in [0.15, 0.2) is 24.3 Å². The maximum Gasteiger partial charge on any atom is 0.490 e. The fraction of sp³-hybridized carbons (Fsp3) is 0.911. The predicted octanol–water partition coefficient (Wildman–Crippen LogP) is 12.6. The zero-order valence-corrected chi connectivity index (χ0v) is 45.3. The Bertz CT molecular complexity index is 1150. The first-order valence-corrected chi connectivity index (χ1v) is 28.7. The summed E-state index contributed by atoms with van der Waals surface area (Å²) in [5.41, 5.74) is 11.3. The third-order valence-electron chi connectivity index (χ3n) is 12.9. The second-order valence-electron chi connectivity index (χ2n) is 20.3. The number of unbranched alkanes of at least 4 members (excludes halogenated alkanes) is 24. The largest absolute Gasteiger partial charge is 0.490 e. The van der Waals surface area contributed by atoms with Crippen molar-refractivity contribution in [1.82, 2.24) is 16.0 Å². The molecule has 7 N–H and O–H groups in total. The Kier molecular flexibility index (Phi) is 48.8. The number of nitrogens with two attached hydrogens (primary N) is 2. The normalized spacial score (nSPS) is 13.8. The van der Waals surface area contributed by atoms with Gasteiger partial charge in [-0.2, -0.15) is 13.2 Å². The highest BCUT2D eigenvalue weighted by Crippen LogP contribution is 2.19.